The molecule has 4 aromatic rings. The maximum atomic E-state index is 12.7. The Hall–Kier alpha value is -3.30. The second kappa shape index (κ2) is 7.14. The molecule has 27 heavy (non-hydrogen) atoms. The molecule has 0 radical (unpaired) electrons. The minimum absolute atomic E-state index is 0.212. The zero-order chi connectivity index (χ0) is 18.8. The van der Waals surface area contributed by atoms with Crippen molar-refractivity contribution >= 4 is 28.2 Å². The molecule has 1 N–H and O–H groups in total. The SMILES string of the molecule is N#Cc1c(CCCOc2ccc(Cl)cc2)[nH]n2c(=O)c3ccccc3nc12. The number of benzene rings is 2. The molecule has 0 bridgehead atoms. The average Bonchev–Trinajstić information content (AvgIpc) is 3.04. The van der Waals surface area contributed by atoms with E-state index in [4.69, 9.17) is 16.3 Å². The van der Waals surface area contributed by atoms with Gasteiger partial charge in [0.25, 0.3) is 5.56 Å². The Morgan fingerprint density at radius 3 is 2.74 bits per heavy atom. The molecule has 0 aliphatic rings. The molecular formula is C20H15ClN4O2. The summed E-state index contributed by atoms with van der Waals surface area (Å²) in [5.41, 5.74) is 1.79. The fraction of sp³-hybridized carbons (Fsp3) is 0.150. The van der Waals surface area contributed by atoms with E-state index in [1.54, 1.807) is 42.5 Å². The Morgan fingerprint density at radius 2 is 1.96 bits per heavy atom. The predicted molar refractivity (Wildman–Crippen MR) is 103 cm³/mol. The van der Waals surface area contributed by atoms with E-state index in [1.165, 1.54) is 4.52 Å². The van der Waals surface area contributed by atoms with Crippen LogP contribution in [0, 0.1) is 11.3 Å². The third-order valence-electron chi connectivity index (χ3n) is 4.31. The van der Waals surface area contributed by atoms with Crippen LogP contribution in [0.15, 0.2) is 53.3 Å². The van der Waals surface area contributed by atoms with Gasteiger partial charge in [-0.25, -0.2) is 4.98 Å². The molecule has 7 heteroatoms. The molecule has 0 saturated heterocycles. The molecule has 2 aromatic carbocycles. The number of aromatic nitrogens is 3. The summed E-state index contributed by atoms with van der Waals surface area (Å²) in [5, 5.41) is 13.8. The minimum atomic E-state index is -0.212. The highest BCUT2D eigenvalue weighted by molar-refractivity contribution is 6.30. The van der Waals surface area contributed by atoms with Crippen LogP contribution >= 0.6 is 11.6 Å². The molecule has 0 spiro atoms. The Balaban J connectivity index is 1.57. The number of hydrogen-bond acceptors (Lipinski definition) is 4. The molecule has 0 saturated carbocycles. The van der Waals surface area contributed by atoms with Crippen LogP contribution in [0.4, 0.5) is 0 Å². The van der Waals surface area contributed by atoms with E-state index in [2.05, 4.69) is 16.2 Å². The smallest absolute Gasteiger partial charge is 0.280 e. The largest absolute Gasteiger partial charge is 0.494 e. The monoisotopic (exact) mass is 378 g/mol. The Labute approximate surface area is 159 Å². The lowest BCUT2D eigenvalue weighted by atomic mass is 10.1. The van der Waals surface area contributed by atoms with E-state index >= 15 is 0 Å². The van der Waals surface area contributed by atoms with Crippen molar-refractivity contribution < 1.29 is 4.74 Å². The topological polar surface area (TPSA) is 83.2 Å². The lowest BCUT2D eigenvalue weighted by Gasteiger charge is -2.05. The van der Waals surface area contributed by atoms with Gasteiger partial charge in [-0.3, -0.25) is 9.89 Å². The van der Waals surface area contributed by atoms with Crippen molar-refractivity contribution in [2.24, 2.45) is 0 Å². The number of para-hydroxylation sites is 1. The molecule has 4 rings (SSSR count). The van der Waals surface area contributed by atoms with Gasteiger partial charge < -0.3 is 4.74 Å². The molecule has 0 aliphatic carbocycles. The third kappa shape index (κ3) is 3.25. The van der Waals surface area contributed by atoms with Gasteiger partial charge in [-0.05, 0) is 49.2 Å². The van der Waals surface area contributed by atoms with E-state index in [1.807, 2.05) is 6.07 Å². The maximum Gasteiger partial charge on any atom is 0.280 e. The number of halogens is 1. The molecule has 0 aliphatic heterocycles. The van der Waals surface area contributed by atoms with Gasteiger partial charge in [0.2, 0.25) is 0 Å². The molecule has 0 atom stereocenters. The number of nitrogens with zero attached hydrogens (tertiary/aromatic N) is 3. The van der Waals surface area contributed by atoms with Crippen LogP contribution in [0.1, 0.15) is 17.7 Å². The summed E-state index contributed by atoms with van der Waals surface area (Å²) in [6.07, 6.45) is 1.24. The zero-order valence-corrected chi connectivity index (χ0v) is 15.0. The average molecular weight is 379 g/mol. The van der Waals surface area contributed by atoms with Crippen molar-refractivity contribution in [3.63, 3.8) is 0 Å². The van der Waals surface area contributed by atoms with Crippen molar-refractivity contribution in [2.45, 2.75) is 12.8 Å². The number of H-pyrrole nitrogens is 1. The molecular weight excluding hydrogens is 364 g/mol. The Kier molecular flexibility index (Phi) is 4.53. The van der Waals surface area contributed by atoms with Gasteiger partial charge in [-0.2, -0.15) is 9.78 Å². The molecule has 2 heterocycles. The third-order valence-corrected chi connectivity index (χ3v) is 4.57. The summed E-state index contributed by atoms with van der Waals surface area (Å²) in [4.78, 5) is 17.1. The predicted octanol–water partition coefficient (Wildman–Crippen LogP) is 3.71. The number of nitriles is 1. The first-order valence-electron chi connectivity index (χ1n) is 8.48. The summed E-state index contributed by atoms with van der Waals surface area (Å²) in [7, 11) is 0. The summed E-state index contributed by atoms with van der Waals surface area (Å²) in [6.45, 7) is 0.478. The zero-order valence-electron chi connectivity index (χ0n) is 14.3. The molecule has 6 nitrogen and oxygen atoms in total. The van der Waals surface area contributed by atoms with Crippen molar-refractivity contribution in [3.05, 3.63) is 75.2 Å². The van der Waals surface area contributed by atoms with Gasteiger partial charge >= 0.3 is 0 Å². The second-order valence-corrected chi connectivity index (χ2v) is 6.51. The van der Waals surface area contributed by atoms with Gasteiger partial charge in [0.05, 0.1) is 23.2 Å². The molecule has 2 aromatic heterocycles. The van der Waals surface area contributed by atoms with Crippen molar-refractivity contribution in [1.29, 1.82) is 5.26 Å². The van der Waals surface area contributed by atoms with Gasteiger partial charge in [-0.1, -0.05) is 23.7 Å². The van der Waals surface area contributed by atoms with E-state index in [0.717, 1.165) is 5.75 Å². The minimum Gasteiger partial charge on any atom is -0.494 e. The highest BCUT2D eigenvalue weighted by atomic mass is 35.5. The molecule has 0 fully saturated rings. The first-order valence-corrected chi connectivity index (χ1v) is 8.86. The quantitative estimate of drug-likeness (QED) is 0.536. The maximum absolute atomic E-state index is 12.7. The second-order valence-electron chi connectivity index (χ2n) is 6.08. The van der Waals surface area contributed by atoms with Crippen LogP contribution in [0.5, 0.6) is 5.75 Å². The molecule has 0 unspecified atom stereocenters. The number of hydrogen-bond donors (Lipinski definition) is 1. The Morgan fingerprint density at radius 1 is 1.19 bits per heavy atom. The number of aryl methyl sites for hydroxylation is 1. The van der Waals surface area contributed by atoms with Gasteiger partial charge in [0, 0.05) is 5.02 Å². The van der Waals surface area contributed by atoms with E-state index in [-0.39, 0.29) is 5.56 Å². The van der Waals surface area contributed by atoms with E-state index < -0.39 is 0 Å². The van der Waals surface area contributed by atoms with Crippen LogP contribution < -0.4 is 10.3 Å². The summed E-state index contributed by atoms with van der Waals surface area (Å²) in [5.74, 6) is 0.737. The van der Waals surface area contributed by atoms with Crippen LogP contribution in [0.25, 0.3) is 16.6 Å². The fourth-order valence-corrected chi connectivity index (χ4v) is 3.12. The van der Waals surface area contributed by atoms with Crippen LogP contribution in [-0.4, -0.2) is 21.2 Å². The lowest BCUT2D eigenvalue weighted by molar-refractivity contribution is 0.310. The number of ether oxygens (including phenoxy) is 1. The van der Waals surface area contributed by atoms with Crippen molar-refractivity contribution in [3.8, 4) is 11.8 Å². The number of nitrogens with one attached hydrogen (secondary N) is 1. The normalized spacial score (nSPS) is 11.0. The van der Waals surface area contributed by atoms with Gasteiger partial charge in [0.1, 0.15) is 17.4 Å². The van der Waals surface area contributed by atoms with Gasteiger partial charge in [0.15, 0.2) is 5.65 Å². The summed E-state index contributed by atoms with van der Waals surface area (Å²) in [6, 6.07) is 16.4. The molecule has 134 valence electrons. The standard InChI is InChI=1S/C20H15ClN4O2/c21-13-7-9-14(10-8-13)27-11-3-6-18-16(12-22)19-23-17-5-2-1-4-15(17)20(26)25(19)24-18/h1-2,4-5,7-10,24H,3,6,11H2. The Bertz CT molecular complexity index is 1220. The first-order chi connectivity index (χ1) is 13.2. The van der Waals surface area contributed by atoms with E-state index in [0.29, 0.717) is 52.3 Å². The fourth-order valence-electron chi connectivity index (χ4n) is 3.00. The first kappa shape index (κ1) is 17.1. The summed E-state index contributed by atoms with van der Waals surface area (Å²) < 4.78 is 7.02. The number of aromatic amines is 1. The summed E-state index contributed by atoms with van der Waals surface area (Å²) >= 11 is 5.85. The number of fused-ring (bicyclic) bond motifs is 2. The van der Waals surface area contributed by atoms with Gasteiger partial charge in [-0.15, -0.1) is 0 Å². The van der Waals surface area contributed by atoms with E-state index in [9.17, 15) is 10.1 Å². The highest BCUT2D eigenvalue weighted by Gasteiger charge is 2.15. The number of rotatable bonds is 5. The van der Waals surface area contributed by atoms with Crippen molar-refractivity contribution in [2.75, 3.05) is 6.61 Å². The van der Waals surface area contributed by atoms with Crippen molar-refractivity contribution in [1.82, 2.24) is 14.6 Å². The van der Waals surface area contributed by atoms with Crippen LogP contribution in [-0.2, 0) is 6.42 Å². The van der Waals surface area contributed by atoms with Crippen LogP contribution in [0.2, 0.25) is 5.02 Å². The van der Waals surface area contributed by atoms with Crippen LogP contribution in [0.3, 0.4) is 0 Å². The highest BCUT2D eigenvalue weighted by Crippen LogP contribution is 2.18. The lowest BCUT2D eigenvalue weighted by Crippen LogP contribution is -2.15. The molecule has 0 amide bonds.